The Kier molecular flexibility index (Phi) is 13.6. The number of carbonyl (C=O) groups excluding carboxylic acids is 6. The van der Waals surface area contributed by atoms with E-state index in [9.17, 15) is 28.8 Å². The van der Waals surface area contributed by atoms with Crippen LogP contribution in [0.5, 0.6) is 11.5 Å². The van der Waals surface area contributed by atoms with Crippen LogP contribution in [-0.4, -0.2) is 62.6 Å². The lowest BCUT2D eigenvalue weighted by atomic mass is 10.1. The predicted molar refractivity (Wildman–Crippen MR) is 236 cm³/mol. The molecule has 0 radical (unpaired) electrons. The molecule has 0 fully saturated rings. The number of ether oxygens (including phenoxy) is 4. The van der Waals surface area contributed by atoms with E-state index in [4.69, 9.17) is 30.4 Å². The number of primary amides is 2. The lowest BCUT2D eigenvalue weighted by Crippen LogP contribution is -2.30. The highest BCUT2D eigenvalue weighted by Gasteiger charge is 2.30. The Morgan fingerprint density at radius 3 is 1.25 bits per heavy atom. The van der Waals surface area contributed by atoms with Crippen LogP contribution in [0.15, 0.2) is 127 Å². The van der Waals surface area contributed by atoms with Gasteiger partial charge in [0.25, 0.3) is 23.4 Å². The Labute approximate surface area is 367 Å². The number of hydrogen-bond acceptors (Lipinski definition) is 11. The number of aromatic nitrogens is 2. The quantitative estimate of drug-likeness (QED) is 0.0524. The number of nitrogens with zero attached hydrogens (tertiary/aromatic N) is 3. The molecule has 2 heterocycles. The molecule has 7 rings (SSSR count). The Bertz CT molecular complexity index is 2700. The third-order valence-corrected chi connectivity index (χ3v) is 10.6. The molecule has 15 nitrogen and oxygen atoms in total. The fraction of sp³-hybridized carbons (Fsp3) is 0.184. The van der Waals surface area contributed by atoms with Gasteiger partial charge in [0, 0.05) is 17.9 Å². The van der Waals surface area contributed by atoms with Gasteiger partial charge >= 0.3 is 11.9 Å². The molecule has 0 aliphatic rings. The number of Topliss-reactive ketones (excluding diaryl/α,β-unsaturated/α-hetero) is 2. The lowest BCUT2D eigenvalue weighted by molar-refractivity contribution is -0.148. The van der Waals surface area contributed by atoms with Gasteiger partial charge in [0.1, 0.15) is 24.7 Å². The lowest BCUT2D eigenvalue weighted by Gasteiger charge is -2.26. The number of amides is 2. The summed E-state index contributed by atoms with van der Waals surface area (Å²) in [6, 6.07) is 38.0. The summed E-state index contributed by atoms with van der Waals surface area (Å²) in [5.74, 6) is -5.22. The second-order valence-corrected chi connectivity index (χ2v) is 14.9. The molecule has 0 saturated carbocycles. The zero-order valence-corrected chi connectivity index (χ0v) is 35.2. The molecule has 0 aliphatic heterocycles. The summed E-state index contributed by atoms with van der Waals surface area (Å²) in [5, 5.41) is 0.556. The van der Waals surface area contributed by atoms with E-state index < -0.39 is 48.5 Å². The van der Waals surface area contributed by atoms with Crippen LogP contribution in [0.3, 0.4) is 0 Å². The predicted octanol–water partition coefficient (Wildman–Crippen LogP) is 5.91. The van der Waals surface area contributed by atoms with Crippen molar-refractivity contribution in [3.05, 3.63) is 167 Å². The summed E-state index contributed by atoms with van der Waals surface area (Å²) >= 11 is 0. The minimum Gasteiger partial charge on any atom is -0.481 e. The Morgan fingerprint density at radius 1 is 0.500 bits per heavy atom. The zero-order valence-electron chi connectivity index (χ0n) is 35.2. The molecular weight excluding hydrogens is 819 g/mol. The van der Waals surface area contributed by atoms with E-state index in [0.29, 0.717) is 29.0 Å². The molecule has 0 aliphatic carbocycles. The minimum absolute atomic E-state index is 0.0106. The van der Waals surface area contributed by atoms with Gasteiger partial charge in [-0.15, -0.1) is 0 Å². The van der Waals surface area contributed by atoms with Crippen molar-refractivity contribution in [2.24, 2.45) is 11.5 Å². The molecule has 64 heavy (non-hydrogen) atoms. The first kappa shape index (κ1) is 44.0. The number of fused-ring (bicyclic) bond motifs is 2. The van der Waals surface area contributed by atoms with Gasteiger partial charge < -0.3 is 39.5 Å². The Morgan fingerprint density at radius 2 is 0.875 bits per heavy atom. The number of ketones is 2. The van der Waals surface area contributed by atoms with E-state index in [1.54, 1.807) is 50.2 Å². The monoisotopic (exact) mass is 863 g/mol. The summed E-state index contributed by atoms with van der Waals surface area (Å²) in [6.45, 7) is 3.04. The molecule has 0 spiro atoms. The van der Waals surface area contributed by atoms with Crippen LogP contribution in [0.2, 0.25) is 0 Å². The van der Waals surface area contributed by atoms with E-state index in [0.717, 1.165) is 16.7 Å². The second-order valence-electron chi connectivity index (χ2n) is 14.9. The maximum absolute atomic E-state index is 13.6. The third kappa shape index (κ3) is 9.85. The van der Waals surface area contributed by atoms with Crippen molar-refractivity contribution in [2.75, 3.05) is 13.2 Å². The SMILES string of the molecule is Cc1c(C(=O)C(N)=O)c2c(OCC(=O)OCc3ccccc3)cccc2n1CN(Cc1ccccc1)Cn1c(C)c(C(=O)C(N)=O)c2c(OCC(=O)OCc3ccccc3)cccc21. The molecule has 15 heteroatoms. The van der Waals surface area contributed by atoms with Crippen LogP contribution >= 0.6 is 0 Å². The summed E-state index contributed by atoms with van der Waals surface area (Å²) in [5.41, 5.74) is 15.5. The van der Waals surface area contributed by atoms with Crippen LogP contribution in [0.4, 0.5) is 0 Å². The van der Waals surface area contributed by atoms with Crippen LogP contribution in [0.1, 0.15) is 48.8 Å². The van der Waals surface area contributed by atoms with Crippen LogP contribution < -0.4 is 20.9 Å². The van der Waals surface area contributed by atoms with Gasteiger partial charge in [-0.3, -0.25) is 24.1 Å². The smallest absolute Gasteiger partial charge is 0.344 e. The average Bonchev–Trinajstić information content (AvgIpc) is 3.75. The highest BCUT2D eigenvalue weighted by atomic mass is 16.6. The fourth-order valence-corrected chi connectivity index (χ4v) is 7.61. The molecule has 2 aromatic heterocycles. The molecule has 2 amide bonds. The summed E-state index contributed by atoms with van der Waals surface area (Å²) in [6.07, 6.45) is 0. The second kappa shape index (κ2) is 19.8. The minimum atomic E-state index is -1.18. The first-order valence-electron chi connectivity index (χ1n) is 20.2. The summed E-state index contributed by atoms with van der Waals surface area (Å²) in [4.78, 5) is 79.8. The van der Waals surface area contributed by atoms with Crippen molar-refractivity contribution in [3.8, 4) is 11.5 Å². The van der Waals surface area contributed by atoms with Crippen molar-refractivity contribution >= 4 is 57.1 Å². The number of hydrogen-bond donors (Lipinski definition) is 2. The first-order chi connectivity index (χ1) is 30.9. The van der Waals surface area contributed by atoms with Gasteiger partial charge in [0.2, 0.25) is 0 Å². The molecular formula is C49H45N5O10. The standard InChI is InChI=1S/C49H45N5O10/c1-31-42(46(57)48(50)59)44-36(20-12-22-38(44)61-27-40(55)63-25-34-16-8-4-9-17-34)53(31)29-52(24-33-14-6-3-7-15-33)30-54-32(2)43(47(58)49(51)60)45-37(54)21-13-23-39(45)62-28-41(56)64-26-35-18-10-5-11-19-35/h3-23H,24-30H2,1-2H3,(H2,50,59)(H2,51,60). The highest BCUT2D eigenvalue weighted by molar-refractivity contribution is 6.45. The third-order valence-electron chi connectivity index (χ3n) is 10.6. The largest absolute Gasteiger partial charge is 0.481 e. The first-order valence-corrected chi connectivity index (χ1v) is 20.2. The van der Waals surface area contributed by atoms with E-state index in [-0.39, 0.29) is 59.9 Å². The topological polar surface area (TPSA) is 204 Å². The van der Waals surface area contributed by atoms with Crippen molar-refractivity contribution < 1.29 is 47.7 Å². The van der Waals surface area contributed by atoms with E-state index in [1.807, 2.05) is 105 Å². The molecule has 7 aromatic rings. The van der Waals surface area contributed by atoms with E-state index >= 15 is 0 Å². The number of carbonyl (C=O) groups is 6. The van der Waals surface area contributed by atoms with Gasteiger partial charge in [-0.1, -0.05) is 103 Å². The number of benzene rings is 5. The van der Waals surface area contributed by atoms with Gasteiger partial charge in [-0.2, -0.15) is 0 Å². The van der Waals surface area contributed by atoms with Crippen LogP contribution in [0, 0.1) is 13.8 Å². The average molecular weight is 864 g/mol. The molecule has 326 valence electrons. The molecule has 0 unspecified atom stereocenters. The maximum atomic E-state index is 13.6. The van der Waals surface area contributed by atoms with Gasteiger partial charge in [0.15, 0.2) is 13.2 Å². The molecule has 5 aromatic carbocycles. The number of rotatable bonds is 20. The molecule has 4 N–H and O–H groups in total. The molecule has 0 saturated heterocycles. The van der Waals surface area contributed by atoms with Crippen molar-refractivity contribution in [3.63, 3.8) is 0 Å². The number of esters is 2. The Hall–Kier alpha value is -8.04. The van der Waals surface area contributed by atoms with Crippen LogP contribution in [0.25, 0.3) is 21.8 Å². The van der Waals surface area contributed by atoms with E-state index in [1.165, 1.54) is 0 Å². The van der Waals surface area contributed by atoms with Gasteiger partial charge in [-0.25, -0.2) is 9.59 Å². The summed E-state index contributed by atoms with van der Waals surface area (Å²) in [7, 11) is 0. The number of nitrogens with two attached hydrogens (primary N) is 2. The maximum Gasteiger partial charge on any atom is 0.344 e. The molecule has 0 bridgehead atoms. The fourth-order valence-electron chi connectivity index (χ4n) is 7.61. The molecule has 0 atom stereocenters. The van der Waals surface area contributed by atoms with Gasteiger partial charge in [0.05, 0.1) is 46.3 Å². The summed E-state index contributed by atoms with van der Waals surface area (Å²) < 4.78 is 26.4. The van der Waals surface area contributed by atoms with Crippen molar-refractivity contribution in [2.45, 2.75) is 46.9 Å². The normalized spacial score (nSPS) is 11.1. The van der Waals surface area contributed by atoms with Gasteiger partial charge in [-0.05, 0) is 54.8 Å². The zero-order chi connectivity index (χ0) is 45.3. The van der Waals surface area contributed by atoms with Crippen molar-refractivity contribution in [1.29, 1.82) is 0 Å². The highest BCUT2D eigenvalue weighted by Crippen LogP contribution is 2.37. The Balaban J connectivity index is 1.24. The van der Waals surface area contributed by atoms with Crippen molar-refractivity contribution in [1.82, 2.24) is 14.0 Å². The van der Waals surface area contributed by atoms with E-state index in [2.05, 4.69) is 0 Å². The van der Waals surface area contributed by atoms with Crippen LogP contribution in [-0.2, 0) is 61.7 Å².